The number of hydrogen-bond acceptors (Lipinski definition) is 8. The molecule has 1 atom stereocenters. The number of hydrogen-bond donors (Lipinski definition) is 0. The van der Waals surface area contributed by atoms with Crippen LogP contribution in [-0.2, 0) is 9.05 Å². The zero-order valence-electron chi connectivity index (χ0n) is 28.1. The van der Waals surface area contributed by atoms with Gasteiger partial charge in [0.15, 0.2) is 0 Å². The van der Waals surface area contributed by atoms with Crippen LogP contribution >= 0.6 is 16.5 Å². The van der Waals surface area contributed by atoms with E-state index < -0.39 is 28.5 Å². The van der Waals surface area contributed by atoms with Crippen molar-refractivity contribution in [2.24, 2.45) is 0 Å². The van der Waals surface area contributed by atoms with E-state index in [4.69, 9.17) is 27.1 Å². The molecule has 0 N–H and O–H groups in total. The Morgan fingerprint density at radius 2 is 0.981 bits per heavy atom. The number of carbonyl (C=O) groups excluding carboxylic acids is 2. The van der Waals surface area contributed by atoms with E-state index in [-0.39, 0.29) is 0 Å². The first kappa shape index (κ1) is 31.5. The van der Waals surface area contributed by atoms with Gasteiger partial charge in [-0.05, 0) is 0 Å². The molecule has 8 aromatic carbocycles. The van der Waals surface area contributed by atoms with Gasteiger partial charge in [-0.3, -0.25) is 0 Å². The third kappa shape index (κ3) is 5.46. The van der Waals surface area contributed by atoms with Crippen LogP contribution in [0.25, 0.3) is 54.2 Å². The summed E-state index contributed by atoms with van der Waals surface area (Å²) >= 11 is 0. The first-order valence-corrected chi connectivity index (χ1v) is 20.3. The third-order valence-corrected chi connectivity index (χ3v) is 12.3. The first-order chi connectivity index (χ1) is 25.9. The van der Waals surface area contributed by atoms with Crippen LogP contribution in [0.2, 0.25) is 0 Å². The maximum atomic E-state index is 13.5. The second-order valence-corrected chi connectivity index (χ2v) is 16.3. The van der Waals surface area contributed by atoms with Crippen LogP contribution in [-0.4, -0.2) is 18.6 Å². The number of carbonyl (C=O) groups is 2. The van der Waals surface area contributed by atoms with E-state index in [2.05, 4.69) is 0 Å². The van der Waals surface area contributed by atoms with Gasteiger partial charge in [0.25, 0.3) is 0 Å². The van der Waals surface area contributed by atoms with E-state index in [1.54, 1.807) is 18.8 Å². The first-order valence-electron chi connectivity index (χ1n) is 17.0. The normalized spacial score (nSPS) is 16.5. The van der Waals surface area contributed by atoms with Crippen molar-refractivity contribution < 1.29 is 36.7 Å². The summed E-state index contributed by atoms with van der Waals surface area (Å²) in [6.45, 7) is 1.71. The molecule has 10 heteroatoms. The van der Waals surface area contributed by atoms with Gasteiger partial charge in [-0.1, -0.05) is 18.2 Å². The molecule has 53 heavy (non-hydrogen) atoms. The van der Waals surface area contributed by atoms with Crippen LogP contribution < -0.4 is 18.1 Å². The second kappa shape index (κ2) is 12.2. The molecule has 0 amide bonds. The molecule has 0 radical (unpaired) electrons. The molecule has 258 valence electrons. The van der Waals surface area contributed by atoms with Crippen molar-refractivity contribution in [1.82, 2.24) is 0 Å². The summed E-state index contributed by atoms with van der Waals surface area (Å²) in [5.41, 5.74) is 2.06. The molecule has 8 nitrogen and oxygen atoms in total. The Labute approximate surface area is 305 Å². The summed E-state index contributed by atoms with van der Waals surface area (Å²) in [6.07, 6.45) is 0. The van der Waals surface area contributed by atoms with Crippen molar-refractivity contribution >= 4 is 71.6 Å². The Balaban J connectivity index is 1.10. The maximum absolute atomic E-state index is 13.5. The van der Waals surface area contributed by atoms with Crippen LogP contribution in [0.4, 0.5) is 0 Å². The standard InChI is InChI=1S/C43H28O8P2/c1-53(50-39-25-31-15-5-3-13-29(31)23-35(39)43(45)51-53)49-37-21-19-27-11-7-9-17-33(27)41(37)40-32-16-8-6-10-26(32)18-20-36(40)46-52-47-38-24-30-14-4-2-12-28(30)22-34(38)42(44)48-52/h2-25,53H,1H3. The van der Waals surface area contributed by atoms with Crippen molar-refractivity contribution in [3.05, 3.63) is 157 Å². The number of benzene rings is 8. The van der Waals surface area contributed by atoms with Crippen molar-refractivity contribution in [3.63, 3.8) is 0 Å². The van der Waals surface area contributed by atoms with Gasteiger partial charge in [0.2, 0.25) is 0 Å². The fraction of sp³-hybridized carbons (Fsp3) is 0.0233. The van der Waals surface area contributed by atoms with Gasteiger partial charge in [-0.2, -0.15) is 0 Å². The molecular weight excluding hydrogens is 706 g/mol. The average Bonchev–Trinajstić information content (AvgIpc) is 3.17. The summed E-state index contributed by atoms with van der Waals surface area (Å²) in [5, 5.41) is 7.30. The molecular formula is C43H28O8P2. The molecule has 8 aromatic rings. The summed E-state index contributed by atoms with van der Waals surface area (Å²) in [5.74, 6) is 0.627. The monoisotopic (exact) mass is 734 g/mol. The zero-order valence-corrected chi connectivity index (χ0v) is 30.0. The zero-order chi connectivity index (χ0) is 35.7. The summed E-state index contributed by atoms with van der Waals surface area (Å²) in [4.78, 5) is 26.9. The fourth-order valence-corrected chi connectivity index (χ4v) is 9.80. The Bertz CT molecular complexity index is 2840. The van der Waals surface area contributed by atoms with Crippen LogP contribution in [0.3, 0.4) is 0 Å². The van der Waals surface area contributed by atoms with Crippen LogP contribution in [0, 0.1) is 0 Å². The van der Waals surface area contributed by atoms with Crippen molar-refractivity contribution in [2.45, 2.75) is 0 Å². The van der Waals surface area contributed by atoms with Crippen LogP contribution in [0.5, 0.6) is 23.0 Å². The van der Waals surface area contributed by atoms with Gasteiger partial charge in [0.1, 0.15) is 0 Å². The molecule has 0 fully saturated rings. The molecule has 0 saturated carbocycles. The topological polar surface area (TPSA) is 89.5 Å². The predicted octanol–water partition coefficient (Wildman–Crippen LogP) is 11.6. The molecule has 0 bridgehead atoms. The quantitative estimate of drug-likeness (QED) is 0.161. The minimum atomic E-state index is -3.71. The molecule has 2 aliphatic heterocycles. The van der Waals surface area contributed by atoms with E-state index in [0.29, 0.717) is 45.3 Å². The molecule has 0 aliphatic carbocycles. The summed E-state index contributed by atoms with van der Waals surface area (Å²) < 4.78 is 37.9. The number of rotatable bonds is 5. The predicted molar refractivity (Wildman–Crippen MR) is 209 cm³/mol. The molecule has 0 spiro atoms. The van der Waals surface area contributed by atoms with Crippen molar-refractivity contribution in [1.29, 1.82) is 0 Å². The van der Waals surface area contributed by atoms with Gasteiger partial charge in [-0.25, -0.2) is 0 Å². The molecule has 0 saturated heterocycles. The van der Waals surface area contributed by atoms with E-state index in [1.807, 2.05) is 133 Å². The van der Waals surface area contributed by atoms with E-state index in [0.717, 1.165) is 43.1 Å². The van der Waals surface area contributed by atoms with Gasteiger partial charge in [-0.15, -0.1) is 0 Å². The van der Waals surface area contributed by atoms with E-state index in [1.165, 1.54) is 0 Å². The van der Waals surface area contributed by atoms with Gasteiger partial charge in [0.05, 0.1) is 0 Å². The van der Waals surface area contributed by atoms with E-state index >= 15 is 0 Å². The molecule has 2 heterocycles. The van der Waals surface area contributed by atoms with Gasteiger partial charge < -0.3 is 0 Å². The molecule has 0 aromatic heterocycles. The third-order valence-electron chi connectivity index (χ3n) is 9.54. The van der Waals surface area contributed by atoms with E-state index in [9.17, 15) is 9.59 Å². The van der Waals surface area contributed by atoms with Crippen LogP contribution in [0.1, 0.15) is 20.7 Å². The molecule has 2 aliphatic rings. The molecule has 10 rings (SSSR count). The Kier molecular flexibility index (Phi) is 7.26. The SMILES string of the molecule is C[PH]1(Oc2ccc3ccccc3c2-c2c(OP3OC(=O)c4cc5ccccc5cc4O3)ccc3ccccc23)OC(=O)c2cc3ccccc3cc2O1. The Hall–Kier alpha value is -6.20. The van der Waals surface area contributed by atoms with Gasteiger partial charge in [0, 0.05) is 0 Å². The Morgan fingerprint density at radius 3 is 1.60 bits per heavy atom. The summed E-state index contributed by atoms with van der Waals surface area (Å²) in [6, 6.07) is 46.3. The second-order valence-electron chi connectivity index (χ2n) is 13.0. The summed E-state index contributed by atoms with van der Waals surface area (Å²) in [7, 11) is -5.91. The van der Waals surface area contributed by atoms with Crippen molar-refractivity contribution in [3.8, 4) is 34.1 Å². The van der Waals surface area contributed by atoms with Crippen molar-refractivity contribution in [2.75, 3.05) is 6.66 Å². The number of fused-ring (bicyclic) bond motifs is 6. The minimum absolute atomic E-state index is 0.337. The van der Waals surface area contributed by atoms with Crippen LogP contribution in [0.15, 0.2) is 146 Å². The Morgan fingerprint density at radius 1 is 0.491 bits per heavy atom. The fourth-order valence-electron chi connectivity index (χ4n) is 7.12. The van der Waals surface area contributed by atoms with Gasteiger partial charge >= 0.3 is 288 Å². The average molecular weight is 735 g/mol. The molecule has 1 unspecified atom stereocenters.